The fraction of sp³-hybridized carbons (Fsp3) is 0.538. The van der Waals surface area contributed by atoms with Crippen LogP contribution in [0.25, 0.3) is 0 Å². The molecule has 1 heterocycles. The number of nitrogens with one attached hydrogen (secondary N) is 1. The molecule has 1 aromatic rings. The van der Waals surface area contributed by atoms with Crippen LogP contribution in [-0.4, -0.2) is 40.9 Å². The first-order chi connectivity index (χ1) is 9.46. The van der Waals surface area contributed by atoms with Crippen molar-refractivity contribution in [3.05, 3.63) is 27.9 Å². The molecule has 0 radical (unpaired) electrons. The van der Waals surface area contributed by atoms with E-state index in [1.165, 1.54) is 6.07 Å². The number of hydrogen-bond donors (Lipinski definition) is 1. The average molecular weight is 280 g/mol. The maximum Gasteiger partial charge on any atom is 0.288 e. The van der Waals surface area contributed by atoms with Crippen molar-refractivity contribution in [2.24, 2.45) is 0 Å². The van der Waals surface area contributed by atoms with Crippen LogP contribution in [0.15, 0.2) is 12.3 Å². The number of amides is 1. The molecule has 0 aromatic carbocycles. The predicted molar refractivity (Wildman–Crippen MR) is 76.9 cm³/mol. The molecule has 0 aliphatic carbocycles. The molecule has 1 aromatic heterocycles. The lowest BCUT2D eigenvalue weighted by Crippen LogP contribution is -2.36. The number of aromatic nitrogens is 1. The van der Waals surface area contributed by atoms with E-state index in [1.54, 1.807) is 19.0 Å². The molecule has 1 amide bonds. The Bertz CT molecular complexity index is 500. The maximum atomic E-state index is 12.5. The molecule has 110 valence electrons. The molecule has 0 fully saturated rings. The van der Waals surface area contributed by atoms with Crippen molar-refractivity contribution in [1.82, 2.24) is 9.88 Å². The summed E-state index contributed by atoms with van der Waals surface area (Å²) in [5, 5.41) is 13.6. The Balaban J connectivity index is 3.19. The van der Waals surface area contributed by atoms with Gasteiger partial charge in [0.15, 0.2) is 0 Å². The smallest absolute Gasteiger partial charge is 0.288 e. The predicted octanol–water partition coefficient (Wildman–Crippen LogP) is 2.29. The number of hydrogen-bond acceptors (Lipinski definition) is 5. The van der Waals surface area contributed by atoms with Crippen molar-refractivity contribution in [3.63, 3.8) is 0 Å². The Morgan fingerprint density at radius 3 is 2.55 bits per heavy atom. The summed E-state index contributed by atoms with van der Waals surface area (Å²) in [7, 11) is 3.33. The van der Waals surface area contributed by atoms with Gasteiger partial charge in [-0.15, -0.1) is 0 Å². The summed E-state index contributed by atoms with van der Waals surface area (Å²) >= 11 is 0. The van der Waals surface area contributed by atoms with Crippen LogP contribution in [0.4, 0.5) is 11.5 Å². The fourth-order valence-electron chi connectivity index (χ4n) is 2.11. The molecule has 0 bridgehead atoms. The van der Waals surface area contributed by atoms with Crippen molar-refractivity contribution in [2.75, 3.05) is 19.4 Å². The van der Waals surface area contributed by atoms with E-state index >= 15 is 0 Å². The Hall–Kier alpha value is -2.18. The first-order valence-corrected chi connectivity index (χ1v) is 6.55. The molecule has 7 heteroatoms. The summed E-state index contributed by atoms with van der Waals surface area (Å²) in [4.78, 5) is 28.3. The third-order valence-corrected chi connectivity index (χ3v) is 3.36. The Labute approximate surface area is 118 Å². The summed E-state index contributed by atoms with van der Waals surface area (Å²) in [6.07, 6.45) is 2.80. The summed E-state index contributed by atoms with van der Waals surface area (Å²) < 4.78 is 0. The van der Waals surface area contributed by atoms with Crippen LogP contribution < -0.4 is 5.32 Å². The SMILES string of the molecule is CCC(CC)N(C)C(=O)c1cc([N+](=O)[O-])cnc1NC. The zero-order valence-electron chi connectivity index (χ0n) is 12.2. The molecule has 0 aliphatic rings. The van der Waals surface area contributed by atoms with E-state index in [1.807, 2.05) is 13.8 Å². The lowest BCUT2D eigenvalue weighted by Gasteiger charge is -2.26. The molecule has 1 N–H and O–H groups in total. The van der Waals surface area contributed by atoms with Crippen molar-refractivity contribution >= 4 is 17.4 Å². The minimum absolute atomic E-state index is 0.103. The molecular formula is C13H20N4O3. The maximum absolute atomic E-state index is 12.5. The molecular weight excluding hydrogens is 260 g/mol. The molecule has 7 nitrogen and oxygen atoms in total. The molecule has 20 heavy (non-hydrogen) atoms. The number of carbonyl (C=O) groups excluding carboxylic acids is 1. The monoisotopic (exact) mass is 280 g/mol. The van der Waals surface area contributed by atoms with Crippen LogP contribution in [0.2, 0.25) is 0 Å². The normalized spacial score (nSPS) is 10.4. The van der Waals surface area contributed by atoms with Gasteiger partial charge in [-0.1, -0.05) is 13.8 Å². The van der Waals surface area contributed by atoms with Gasteiger partial charge in [-0.25, -0.2) is 4.98 Å². The highest BCUT2D eigenvalue weighted by Gasteiger charge is 2.23. The van der Waals surface area contributed by atoms with Crippen molar-refractivity contribution in [2.45, 2.75) is 32.7 Å². The lowest BCUT2D eigenvalue weighted by molar-refractivity contribution is -0.385. The number of rotatable bonds is 6. The van der Waals surface area contributed by atoms with E-state index in [2.05, 4.69) is 10.3 Å². The van der Waals surface area contributed by atoms with Gasteiger partial charge in [-0.3, -0.25) is 14.9 Å². The lowest BCUT2D eigenvalue weighted by atomic mass is 10.1. The van der Waals surface area contributed by atoms with E-state index in [0.717, 1.165) is 19.0 Å². The minimum Gasteiger partial charge on any atom is -0.372 e. The molecule has 0 aliphatic heterocycles. The number of anilines is 1. The van der Waals surface area contributed by atoms with Gasteiger partial charge >= 0.3 is 0 Å². The zero-order valence-corrected chi connectivity index (χ0v) is 12.2. The highest BCUT2D eigenvalue weighted by Crippen LogP contribution is 2.21. The van der Waals surface area contributed by atoms with Gasteiger partial charge in [0.25, 0.3) is 11.6 Å². The first kappa shape index (κ1) is 15.9. The van der Waals surface area contributed by atoms with Gasteiger partial charge < -0.3 is 10.2 Å². The van der Waals surface area contributed by atoms with Gasteiger partial charge in [0.05, 0.1) is 10.5 Å². The number of nitrogens with zero attached hydrogens (tertiary/aromatic N) is 3. The van der Waals surface area contributed by atoms with Gasteiger partial charge in [0.2, 0.25) is 0 Å². The molecule has 0 atom stereocenters. The second-order valence-corrected chi connectivity index (χ2v) is 4.48. The van der Waals surface area contributed by atoms with Gasteiger partial charge in [-0.2, -0.15) is 0 Å². The second-order valence-electron chi connectivity index (χ2n) is 4.48. The Morgan fingerprint density at radius 1 is 1.50 bits per heavy atom. The minimum atomic E-state index is -0.555. The second kappa shape index (κ2) is 6.83. The molecule has 0 unspecified atom stereocenters. The van der Waals surface area contributed by atoms with Crippen molar-refractivity contribution < 1.29 is 9.72 Å². The molecule has 0 spiro atoms. The van der Waals surface area contributed by atoms with Gasteiger partial charge in [-0.05, 0) is 12.8 Å². The van der Waals surface area contributed by atoms with Crippen LogP contribution in [0, 0.1) is 10.1 Å². The standard InChI is InChI=1S/C13H20N4O3/c1-5-9(6-2)16(4)13(18)11-7-10(17(19)20)8-15-12(11)14-3/h7-9H,5-6H2,1-4H3,(H,14,15). The van der Waals surface area contributed by atoms with E-state index in [0.29, 0.717) is 5.82 Å². The fourth-order valence-corrected chi connectivity index (χ4v) is 2.11. The van der Waals surface area contributed by atoms with Gasteiger partial charge in [0, 0.05) is 26.2 Å². The quantitative estimate of drug-likeness (QED) is 0.638. The third-order valence-electron chi connectivity index (χ3n) is 3.36. The molecule has 0 saturated heterocycles. The highest BCUT2D eigenvalue weighted by atomic mass is 16.6. The molecule has 1 rings (SSSR count). The topological polar surface area (TPSA) is 88.4 Å². The number of nitro groups is 1. The van der Waals surface area contributed by atoms with Crippen LogP contribution >= 0.6 is 0 Å². The van der Waals surface area contributed by atoms with Crippen LogP contribution in [0.5, 0.6) is 0 Å². The first-order valence-electron chi connectivity index (χ1n) is 6.55. The summed E-state index contributed by atoms with van der Waals surface area (Å²) in [5.41, 5.74) is 0.0291. The highest BCUT2D eigenvalue weighted by molar-refractivity contribution is 5.99. The zero-order chi connectivity index (χ0) is 15.3. The third kappa shape index (κ3) is 3.23. The van der Waals surface area contributed by atoms with Crippen LogP contribution in [0.3, 0.4) is 0 Å². The van der Waals surface area contributed by atoms with E-state index in [-0.39, 0.29) is 23.2 Å². The molecule has 0 saturated carbocycles. The van der Waals surface area contributed by atoms with E-state index < -0.39 is 4.92 Å². The summed E-state index contributed by atoms with van der Waals surface area (Å²) in [6, 6.07) is 1.37. The summed E-state index contributed by atoms with van der Waals surface area (Å²) in [5.74, 6) is 0.0812. The summed E-state index contributed by atoms with van der Waals surface area (Å²) in [6.45, 7) is 4.01. The van der Waals surface area contributed by atoms with Crippen LogP contribution in [-0.2, 0) is 0 Å². The number of carbonyl (C=O) groups is 1. The van der Waals surface area contributed by atoms with Crippen LogP contribution in [0.1, 0.15) is 37.0 Å². The van der Waals surface area contributed by atoms with Crippen molar-refractivity contribution in [1.29, 1.82) is 0 Å². The Morgan fingerprint density at radius 2 is 2.10 bits per heavy atom. The van der Waals surface area contributed by atoms with E-state index in [9.17, 15) is 14.9 Å². The Kier molecular flexibility index (Phi) is 5.42. The van der Waals surface area contributed by atoms with Gasteiger partial charge in [0.1, 0.15) is 12.0 Å². The van der Waals surface area contributed by atoms with Crippen molar-refractivity contribution in [3.8, 4) is 0 Å². The average Bonchev–Trinajstić information content (AvgIpc) is 2.46. The van der Waals surface area contributed by atoms with E-state index in [4.69, 9.17) is 0 Å². The number of pyridine rings is 1. The largest absolute Gasteiger partial charge is 0.372 e.